The van der Waals surface area contributed by atoms with E-state index in [0.29, 0.717) is 6.04 Å². The predicted molar refractivity (Wildman–Crippen MR) is 67.1 cm³/mol. The molecule has 1 atom stereocenters. The third kappa shape index (κ3) is 2.22. The summed E-state index contributed by atoms with van der Waals surface area (Å²) in [7, 11) is 1.74. The van der Waals surface area contributed by atoms with Gasteiger partial charge in [-0.2, -0.15) is 0 Å². The van der Waals surface area contributed by atoms with Crippen molar-refractivity contribution < 1.29 is 4.74 Å². The number of piperidine rings is 1. The van der Waals surface area contributed by atoms with Crippen LogP contribution in [0.25, 0.3) is 0 Å². The van der Waals surface area contributed by atoms with Crippen LogP contribution in [0.3, 0.4) is 0 Å². The molecule has 1 N–H and O–H groups in total. The summed E-state index contributed by atoms with van der Waals surface area (Å²) in [5.74, 6) is 1.03. The molecule has 0 unspecified atom stereocenters. The van der Waals surface area contributed by atoms with E-state index in [0.717, 1.165) is 12.3 Å². The van der Waals surface area contributed by atoms with Crippen molar-refractivity contribution in [2.24, 2.45) is 0 Å². The second-order valence-electron chi connectivity index (χ2n) is 4.69. The van der Waals surface area contributed by atoms with Crippen LogP contribution in [0, 0.1) is 13.8 Å². The molecule has 1 saturated heterocycles. The van der Waals surface area contributed by atoms with Crippen LogP contribution in [0.4, 0.5) is 0 Å². The fourth-order valence-corrected chi connectivity index (χ4v) is 2.64. The Morgan fingerprint density at radius 2 is 1.88 bits per heavy atom. The molecule has 2 nitrogen and oxygen atoms in total. The molecule has 1 aromatic rings. The molecule has 0 aromatic heterocycles. The van der Waals surface area contributed by atoms with Gasteiger partial charge in [-0.05, 0) is 49.9 Å². The van der Waals surface area contributed by atoms with Crippen LogP contribution >= 0.6 is 0 Å². The Balaban J connectivity index is 2.28. The molecule has 0 saturated carbocycles. The fourth-order valence-electron chi connectivity index (χ4n) is 2.64. The van der Waals surface area contributed by atoms with Crippen LogP contribution in [0.5, 0.6) is 5.75 Å². The lowest BCUT2D eigenvalue weighted by Gasteiger charge is -2.25. The summed E-state index contributed by atoms with van der Waals surface area (Å²) in [4.78, 5) is 0. The van der Waals surface area contributed by atoms with Crippen LogP contribution in [0.15, 0.2) is 12.1 Å². The van der Waals surface area contributed by atoms with Gasteiger partial charge in [-0.3, -0.25) is 0 Å². The molecule has 16 heavy (non-hydrogen) atoms. The summed E-state index contributed by atoms with van der Waals surface area (Å²) in [6.45, 7) is 5.39. The Bertz CT molecular complexity index is 344. The van der Waals surface area contributed by atoms with Gasteiger partial charge in [0.15, 0.2) is 0 Å². The van der Waals surface area contributed by atoms with E-state index in [1.165, 1.54) is 36.0 Å². The lowest BCUT2D eigenvalue weighted by molar-refractivity contribution is 0.401. The van der Waals surface area contributed by atoms with Gasteiger partial charge in [-0.15, -0.1) is 0 Å². The molecule has 2 heteroatoms. The third-order valence-corrected chi connectivity index (χ3v) is 3.40. The molecule has 88 valence electrons. The summed E-state index contributed by atoms with van der Waals surface area (Å²) in [5.41, 5.74) is 3.89. The minimum atomic E-state index is 0.539. The van der Waals surface area contributed by atoms with Gasteiger partial charge in [0.2, 0.25) is 0 Å². The monoisotopic (exact) mass is 219 g/mol. The lowest BCUT2D eigenvalue weighted by Crippen LogP contribution is -2.26. The standard InChI is InChI=1S/C14H21NO/c1-10-8-12(9-11(2)14(10)16-3)13-6-4-5-7-15-13/h8-9,13,15H,4-7H2,1-3H3/t13-/m1/s1. The molecular weight excluding hydrogens is 198 g/mol. The van der Waals surface area contributed by atoms with Gasteiger partial charge in [0.1, 0.15) is 5.75 Å². The average Bonchev–Trinajstić information content (AvgIpc) is 2.30. The van der Waals surface area contributed by atoms with Crippen LogP contribution in [0.2, 0.25) is 0 Å². The van der Waals surface area contributed by atoms with Crippen molar-refractivity contribution in [1.82, 2.24) is 5.32 Å². The van der Waals surface area contributed by atoms with E-state index in [4.69, 9.17) is 4.74 Å². The van der Waals surface area contributed by atoms with Gasteiger partial charge in [0, 0.05) is 6.04 Å². The zero-order valence-electron chi connectivity index (χ0n) is 10.5. The van der Waals surface area contributed by atoms with Crippen LogP contribution in [0.1, 0.15) is 42.0 Å². The Hall–Kier alpha value is -1.02. The minimum Gasteiger partial charge on any atom is -0.496 e. The van der Waals surface area contributed by atoms with E-state index in [2.05, 4.69) is 31.3 Å². The lowest BCUT2D eigenvalue weighted by atomic mass is 9.94. The largest absolute Gasteiger partial charge is 0.496 e. The maximum atomic E-state index is 5.40. The number of nitrogens with one attached hydrogen (secondary N) is 1. The van der Waals surface area contributed by atoms with Crippen molar-refractivity contribution in [2.75, 3.05) is 13.7 Å². The Morgan fingerprint density at radius 3 is 2.38 bits per heavy atom. The van der Waals surface area contributed by atoms with E-state index in [1.54, 1.807) is 7.11 Å². The van der Waals surface area contributed by atoms with E-state index >= 15 is 0 Å². The van der Waals surface area contributed by atoms with E-state index in [-0.39, 0.29) is 0 Å². The summed E-state index contributed by atoms with van der Waals surface area (Å²) < 4.78 is 5.40. The quantitative estimate of drug-likeness (QED) is 0.825. The zero-order chi connectivity index (χ0) is 11.5. The topological polar surface area (TPSA) is 21.3 Å². The molecule has 0 aliphatic carbocycles. The molecule has 0 spiro atoms. The Kier molecular flexibility index (Phi) is 3.49. The summed E-state index contributed by atoms with van der Waals surface area (Å²) >= 11 is 0. The van der Waals surface area contributed by atoms with Crippen LogP contribution in [-0.4, -0.2) is 13.7 Å². The van der Waals surface area contributed by atoms with Crippen molar-refractivity contribution in [2.45, 2.75) is 39.2 Å². The van der Waals surface area contributed by atoms with Crippen molar-refractivity contribution in [3.8, 4) is 5.75 Å². The summed E-state index contributed by atoms with van der Waals surface area (Å²) in [6.07, 6.45) is 3.90. The van der Waals surface area contributed by atoms with Gasteiger partial charge < -0.3 is 10.1 Å². The van der Waals surface area contributed by atoms with Crippen molar-refractivity contribution in [3.63, 3.8) is 0 Å². The van der Waals surface area contributed by atoms with Gasteiger partial charge in [-0.1, -0.05) is 18.6 Å². The fraction of sp³-hybridized carbons (Fsp3) is 0.571. The molecule has 1 heterocycles. The first kappa shape index (κ1) is 11.5. The molecule has 0 amide bonds. The average molecular weight is 219 g/mol. The van der Waals surface area contributed by atoms with E-state index in [9.17, 15) is 0 Å². The maximum absolute atomic E-state index is 5.40. The predicted octanol–water partition coefficient (Wildman–Crippen LogP) is 3.13. The van der Waals surface area contributed by atoms with Crippen LogP contribution < -0.4 is 10.1 Å². The van der Waals surface area contributed by atoms with E-state index < -0.39 is 0 Å². The first-order valence-electron chi connectivity index (χ1n) is 6.11. The molecule has 0 bridgehead atoms. The van der Waals surface area contributed by atoms with E-state index in [1.807, 2.05) is 0 Å². The highest BCUT2D eigenvalue weighted by molar-refractivity contribution is 5.44. The molecule has 0 radical (unpaired) electrons. The highest BCUT2D eigenvalue weighted by atomic mass is 16.5. The molecule has 2 rings (SSSR count). The highest BCUT2D eigenvalue weighted by Crippen LogP contribution is 2.30. The molecule has 1 aromatic carbocycles. The first-order chi connectivity index (χ1) is 7.72. The maximum Gasteiger partial charge on any atom is 0.124 e. The summed E-state index contributed by atoms with van der Waals surface area (Å²) in [5, 5.41) is 3.59. The number of benzene rings is 1. The van der Waals surface area contributed by atoms with Gasteiger partial charge in [0.05, 0.1) is 7.11 Å². The SMILES string of the molecule is COc1c(C)cc([C@H]2CCCCN2)cc1C. The molecule has 1 fully saturated rings. The minimum absolute atomic E-state index is 0.539. The molecule has 1 aliphatic heterocycles. The van der Waals surface area contributed by atoms with Crippen molar-refractivity contribution in [1.29, 1.82) is 0 Å². The first-order valence-corrected chi connectivity index (χ1v) is 6.11. The normalized spacial score (nSPS) is 20.8. The Labute approximate surface area is 98.0 Å². The number of aryl methyl sites for hydroxylation is 2. The number of hydrogen-bond acceptors (Lipinski definition) is 2. The zero-order valence-corrected chi connectivity index (χ0v) is 10.5. The summed E-state index contributed by atoms with van der Waals surface area (Å²) in [6, 6.07) is 5.06. The number of ether oxygens (including phenoxy) is 1. The number of rotatable bonds is 2. The second-order valence-corrected chi connectivity index (χ2v) is 4.69. The molecular formula is C14H21NO. The third-order valence-electron chi connectivity index (χ3n) is 3.40. The van der Waals surface area contributed by atoms with Gasteiger partial charge in [-0.25, -0.2) is 0 Å². The molecule has 1 aliphatic rings. The second kappa shape index (κ2) is 4.88. The highest BCUT2D eigenvalue weighted by Gasteiger charge is 2.16. The van der Waals surface area contributed by atoms with Crippen molar-refractivity contribution in [3.05, 3.63) is 28.8 Å². The van der Waals surface area contributed by atoms with Crippen LogP contribution in [-0.2, 0) is 0 Å². The van der Waals surface area contributed by atoms with Gasteiger partial charge in [0.25, 0.3) is 0 Å². The Morgan fingerprint density at radius 1 is 1.19 bits per heavy atom. The number of hydrogen-bond donors (Lipinski definition) is 1. The van der Waals surface area contributed by atoms with Gasteiger partial charge >= 0.3 is 0 Å². The smallest absolute Gasteiger partial charge is 0.124 e. The number of methoxy groups -OCH3 is 1. The van der Waals surface area contributed by atoms with Crippen molar-refractivity contribution >= 4 is 0 Å².